The smallest absolute Gasteiger partial charge is 0.314 e. The molecule has 0 unspecified atom stereocenters. The number of rotatable bonds is 6. The summed E-state index contributed by atoms with van der Waals surface area (Å²) in [7, 11) is 0. The average molecular weight is 371 g/mol. The SMILES string of the molecule is CCNC(=O)NCCn1c(C)nc2cc(C(=O)NC3CCCCC3)ccc21. The van der Waals surface area contributed by atoms with Gasteiger partial charge in [0, 0.05) is 31.2 Å². The molecular formula is C20H29N5O2. The maximum atomic E-state index is 12.6. The third kappa shape index (κ3) is 4.78. The van der Waals surface area contributed by atoms with Gasteiger partial charge in [-0.1, -0.05) is 19.3 Å². The summed E-state index contributed by atoms with van der Waals surface area (Å²) in [4.78, 5) is 28.7. The van der Waals surface area contributed by atoms with Crippen LogP contribution in [-0.4, -0.2) is 40.6 Å². The molecule has 0 saturated heterocycles. The first kappa shape index (κ1) is 19.2. The summed E-state index contributed by atoms with van der Waals surface area (Å²) in [6, 6.07) is 5.78. The molecule has 0 aliphatic heterocycles. The van der Waals surface area contributed by atoms with Crippen LogP contribution in [0.1, 0.15) is 55.2 Å². The fraction of sp³-hybridized carbons (Fsp3) is 0.550. The van der Waals surface area contributed by atoms with Crippen molar-refractivity contribution < 1.29 is 9.59 Å². The molecule has 1 aliphatic rings. The van der Waals surface area contributed by atoms with Crippen molar-refractivity contribution in [1.29, 1.82) is 0 Å². The minimum atomic E-state index is -0.166. The van der Waals surface area contributed by atoms with Crippen molar-refractivity contribution in [3.63, 3.8) is 0 Å². The van der Waals surface area contributed by atoms with E-state index in [0.717, 1.165) is 29.7 Å². The molecule has 7 heteroatoms. The fourth-order valence-corrected chi connectivity index (χ4v) is 3.69. The van der Waals surface area contributed by atoms with Gasteiger partial charge in [-0.2, -0.15) is 0 Å². The van der Waals surface area contributed by atoms with Crippen LogP contribution in [0.25, 0.3) is 11.0 Å². The van der Waals surface area contributed by atoms with Crippen LogP contribution in [0.2, 0.25) is 0 Å². The van der Waals surface area contributed by atoms with E-state index in [1.54, 1.807) is 0 Å². The van der Waals surface area contributed by atoms with Crippen LogP contribution in [0.4, 0.5) is 4.79 Å². The number of benzene rings is 1. The number of aromatic nitrogens is 2. The number of carbonyl (C=O) groups is 2. The maximum absolute atomic E-state index is 12.6. The van der Waals surface area contributed by atoms with Crippen molar-refractivity contribution in [2.45, 2.75) is 58.5 Å². The van der Waals surface area contributed by atoms with Crippen LogP contribution in [-0.2, 0) is 6.54 Å². The van der Waals surface area contributed by atoms with E-state index in [1.165, 1.54) is 19.3 Å². The van der Waals surface area contributed by atoms with Crippen molar-refractivity contribution in [2.75, 3.05) is 13.1 Å². The third-order valence-corrected chi connectivity index (χ3v) is 5.10. The van der Waals surface area contributed by atoms with E-state index < -0.39 is 0 Å². The number of nitrogens with zero attached hydrogens (tertiary/aromatic N) is 2. The molecule has 0 bridgehead atoms. The number of fused-ring (bicyclic) bond motifs is 1. The van der Waals surface area contributed by atoms with E-state index in [1.807, 2.05) is 32.0 Å². The molecule has 0 atom stereocenters. The van der Waals surface area contributed by atoms with E-state index in [-0.39, 0.29) is 11.9 Å². The Morgan fingerprint density at radius 1 is 1.19 bits per heavy atom. The number of hydrogen-bond acceptors (Lipinski definition) is 3. The Bertz CT molecular complexity index is 808. The van der Waals surface area contributed by atoms with E-state index in [4.69, 9.17) is 0 Å². The molecule has 0 spiro atoms. The minimum absolute atomic E-state index is 0.0195. The molecule has 1 aromatic heterocycles. The van der Waals surface area contributed by atoms with Crippen molar-refractivity contribution in [2.24, 2.45) is 0 Å². The molecule has 2 aromatic rings. The van der Waals surface area contributed by atoms with Gasteiger partial charge < -0.3 is 20.5 Å². The molecule has 3 amide bonds. The average Bonchev–Trinajstić information content (AvgIpc) is 2.97. The van der Waals surface area contributed by atoms with Gasteiger partial charge in [-0.15, -0.1) is 0 Å². The molecule has 3 rings (SSSR count). The molecule has 1 heterocycles. The van der Waals surface area contributed by atoms with Crippen LogP contribution in [0, 0.1) is 6.92 Å². The van der Waals surface area contributed by atoms with Crippen LogP contribution in [0.5, 0.6) is 0 Å². The lowest BCUT2D eigenvalue weighted by Gasteiger charge is -2.22. The van der Waals surface area contributed by atoms with Gasteiger partial charge in [-0.25, -0.2) is 9.78 Å². The van der Waals surface area contributed by atoms with Gasteiger partial charge in [0.2, 0.25) is 0 Å². The second-order valence-corrected chi connectivity index (χ2v) is 7.11. The summed E-state index contributed by atoms with van der Waals surface area (Å²) < 4.78 is 2.06. The molecular weight excluding hydrogens is 342 g/mol. The number of urea groups is 1. The number of carbonyl (C=O) groups excluding carboxylic acids is 2. The fourth-order valence-electron chi connectivity index (χ4n) is 3.69. The number of amides is 3. The zero-order chi connectivity index (χ0) is 19.2. The van der Waals surface area contributed by atoms with E-state index >= 15 is 0 Å². The lowest BCUT2D eigenvalue weighted by molar-refractivity contribution is 0.0928. The number of imidazole rings is 1. The molecule has 3 N–H and O–H groups in total. The molecule has 0 radical (unpaired) electrons. The minimum Gasteiger partial charge on any atom is -0.349 e. The lowest BCUT2D eigenvalue weighted by Crippen LogP contribution is -2.37. The summed E-state index contributed by atoms with van der Waals surface area (Å²) in [6.45, 7) is 5.57. The quantitative estimate of drug-likeness (QED) is 0.729. The Balaban J connectivity index is 1.67. The monoisotopic (exact) mass is 371 g/mol. The van der Waals surface area contributed by atoms with Crippen molar-refractivity contribution >= 4 is 23.0 Å². The van der Waals surface area contributed by atoms with Crippen molar-refractivity contribution in [3.05, 3.63) is 29.6 Å². The van der Waals surface area contributed by atoms with Gasteiger partial charge in [0.1, 0.15) is 5.82 Å². The molecule has 146 valence electrons. The van der Waals surface area contributed by atoms with E-state index in [9.17, 15) is 9.59 Å². The highest BCUT2D eigenvalue weighted by atomic mass is 16.2. The van der Waals surface area contributed by atoms with Gasteiger partial charge in [0.25, 0.3) is 5.91 Å². The Labute approximate surface area is 159 Å². The first-order chi connectivity index (χ1) is 13.1. The molecule has 1 aromatic carbocycles. The van der Waals surface area contributed by atoms with Crippen LogP contribution >= 0.6 is 0 Å². The van der Waals surface area contributed by atoms with Crippen molar-refractivity contribution in [3.8, 4) is 0 Å². The predicted molar refractivity (Wildman–Crippen MR) is 106 cm³/mol. The maximum Gasteiger partial charge on any atom is 0.314 e. The summed E-state index contributed by atoms with van der Waals surface area (Å²) in [5.41, 5.74) is 2.43. The molecule has 27 heavy (non-hydrogen) atoms. The summed E-state index contributed by atoms with van der Waals surface area (Å²) in [5.74, 6) is 0.849. The van der Waals surface area contributed by atoms with E-state index in [2.05, 4.69) is 25.5 Å². The largest absolute Gasteiger partial charge is 0.349 e. The Kier molecular flexibility index (Phi) is 6.32. The second-order valence-electron chi connectivity index (χ2n) is 7.11. The van der Waals surface area contributed by atoms with Crippen LogP contribution in [0.3, 0.4) is 0 Å². The summed E-state index contributed by atoms with van der Waals surface area (Å²) in [5, 5.41) is 8.69. The molecule has 1 saturated carbocycles. The second kappa shape index (κ2) is 8.88. The molecule has 7 nitrogen and oxygen atoms in total. The Morgan fingerprint density at radius 3 is 2.70 bits per heavy atom. The highest BCUT2D eigenvalue weighted by Gasteiger charge is 2.17. The summed E-state index contributed by atoms with van der Waals surface area (Å²) >= 11 is 0. The molecule has 1 fully saturated rings. The van der Waals surface area contributed by atoms with Crippen LogP contribution in [0.15, 0.2) is 18.2 Å². The lowest BCUT2D eigenvalue weighted by atomic mass is 9.95. The number of hydrogen-bond donors (Lipinski definition) is 3. The summed E-state index contributed by atoms with van der Waals surface area (Å²) in [6.07, 6.45) is 5.79. The first-order valence-corrected chi connectivity index (χ1v) is 9.88. The molecule has 1 aliphatic carbocycles. The standard InChI is InChI=1S/C20H29N5O2/c1-3-21-20(27)22-11-12-25-14(2)23-17-13-15(9-10-18(17)25)19(26)24-16-7-5-4-6-8-16/h9-10,13,16H,3-8,11-12H2,1-2H3,(H,24,26)(H2,21,22,27). The highest BCUT2D eigenvalue weighted by molar-refractivity contribution is 5.97. The van der Waals surface area contributed by atoms with Gasteiger partial charge in [-0.05, 0) is 44.9 Å². The Hall–Kier alpha value is -2.57. The first-order valence-electron chi connectivity index (χ1n) is 9.88. The third-order valence-electron chi connectivity index (χ3n) is 5.10. The predicted octanol–water partition coefficient (Wildman–Crippen LogP) is 2.73. The number of aryl methyl sites for hydroxylation is 1. The normalized spacial score (nSPS) is 14.9. The number of nitrogens with one attached hydrogen (secondary N) is 3. The van der Waals surface area contributed by atoms with Crippen molar-refractivity contribution in [1.82, 2.24) is 25.5 Å². The van der Waals surface area contributed by atoms with Crippen LogP contribution < -0.4 is 16.0 Å². The van der Waals surface area contributed by atoms with Gasteiger partial charge in [0.15, 0.2) is 0 Å². The van der Waals surface area contributed by atoms with Gasteiger partial charge in [0.05, 0.1) is 11.0 Å². The van der Waals surface area contributed by atoms with Gasteiger partial charge in [-0.3, -0.25) is 4.79 Å². The highest BCUT2D eigenvalue weighted by Crippen LogP contribution is 2.20. The van der Waals surface area contributed by atoms with Gasteiger partial charge >= 0.3 is 6.03 Å². The zero-order valence-electron chi connectivity index (χ0n) is 16.2. The van der Waals surface area contributed by atoms with E-state index in [0.29, 0.717) is 31.2 Å². The Morgan fingerprint density at radius 2 is 1.96 bits per heavy atom. The zero-order valence-corrected chi connectivity index (χ0v) is 16.2. The topological polar surface area (TPSA) is 88.1 Å².